The van der Waals surface area contributed by atoms with Crippen molar-refractivity contribution >= 4 is 33.4 Å². The average Bonchev–Trinajstić information content (AvgIpc) is 3.13. The summed E-state index contributed by atoms with van der Waals surface area (Å²) in [6.07, 6.45) is -0.861. The van der Waals surface area contributed by atoms with Gasteiger partial charge in [-0.1, -0.05) is 0 Å². The lowest BCUT2D eigenvalue weighted by Crippen LogP contribution is -2.25. The maximum atomic E-state index is 12.1. The molecule has 0 saturated carbocycles. The van der Waals surface area contributed by atoms with Gasteiger partial charge in [-0.05, 0) is 34.1 Å². The van der Waals surface area contributed by atoms with Crippen molar-refractivity contribution in [3.05, 3.63) is 62.1 Å². The number of nitro benzene ring substituents is 1. The number of methoxy groups -OCH3 is 2. The molecule has 0 aliphatic carbocycles. The molecule has 0 N–H and O–H groups in total. The van der Waals surface area contributed by atoms with Crippen molar-refractivity contribution in [2.75, 3.05) is 14.2 Å². The van der Waals surface area contributed by atoms with Crippen LogP contribution in [0.25, 0.3) is 0 Å². The molecule has 9 nitrogen and oxygen atoms in total. The molecule has 1 aliphatic rings. The highest BCUT2D eigenvalue weighted by molar-refractivity contribution is 9.10. The van der Waals surface area contributed by atoms with Crippen molar-refractivity contribution in [2.45, 2.75) is 13.2 Å². The summed E-state index contributed by atoms with van der Waals surface area (Å²) < 4.78 is 17.3. The van der Waals surface area contributed by atoms with Crippen LogP contribution in [0.15, 0.2) is 46.0 Å². The van der Waals surface area contributed by atoms with Crippen molar-refractivity contribution in [2.24, 2.45) is 5.10 Å². The molecule has 0 spiro atoms. The number of hydrogen-bond acceptors (Lipinski definition) is 7. The van der Waals surface area contributed by atoms with E-state index in [9.17, 15) is 14.9 Å². The van der Waals surface area contributed by atoms with Gasteiger partial charge in [0.2, 0.25) is 18.0 Å². The highest BCUT2D eigenvalue weighted by atomic mass is 79.9. The summed E-state index contributed by atoms with van der Waals surface area (Å²) in [6, 6.07) is 9.11. The fourth-order valence-electron chi connectivity index (χ4n) is 2.69. The SMILES string of the molecule is COc1cc(OC)c(C2OC(c3ccc([N+](=O)[O-])cc3)=NN2C(C)=O)cc1Br. The number of amides is 1. The molecule has 10 heteroatoms. The number of hydrogen-bond donors (Lipinski definition) is 0. The van der Waals surface area contributed by atoms with E-state index in [0.29, 0.717) is 27.1 Å². The van der Waals surface area contributed by atoms with E-state index in [4.69, 9.17) is 14.2 Å². The number of halogens is 1. The van der Waals surface area contributed by atoms with E-state index in [1.54, 1.807) is 12.1 Å². The molecule has 3 rings (SSSR count). The minimum Gasteiger partial charge on any atom is -0.496 e. The summed E-state index contributed by atoms with van der Waals surface area (Å²) in [5, 5.41) is 16.3. The third-order valence-electron chi connectivity index (χ3n) is 4.06. The van der Waals surface area contributed by atoms with E-state index < -0.39 is 11.2 Å². The van der Waals surface area contributed by atoms with Crippen molar-refractivity contribution < 1.29 is 23.9 Å². The molecular formula is C18H16BrN3O6. The summed E-state index contributed by atoms with van der Waals surface area (Å²) in [5.74, 6) is 0.848. The van der Waals surface area contributed by atoms with Gasteiger partial charge in [0.25, 0.3) is 5.69 Å². The third-order valence-corrected chi connectivity index (χ3v) is 4.68. The van der Waals surface area contributed by atoms with Crippen LogP contribution in [0.1, 0.15) is 24.3 Å². The number of ether oxygens (including phenoxy) is 3. The monoisotopic (exact) mass is 449 g/mol. The standard InChI is InChI=1S/C18H16BrN3O6/c1-10(23)21-18(13-8-14(19)16(27-3)9-15(13)26-2)28-17(20-21)11-4-6-12(7-5-11)22(24)25/h4-9,18H,1-3H3. The van der Waals surface area contributed by atoms with Gasteiger partial charge < -0.3 is 14.2 Å². The average molecular weight is 450 g/mol. The van der Waals surface area contributed by atoms with Crippen molar-refractivity contribution in [1.82, 2.24) is 5.01 Å². The topological polar surface area (TPSA) is 104 Å². The lowest BCUT2D eigenvalue weighted by molar-refractivity contribution is -0.384. The van der Waals surface area contributed by atoms with Crippen molar-refractivity contribution in [3.63, 3.8) is 0 Å². The van der Waals surface area contributed by atoms with Crippen LogP contribution in [0.3, 0.4) is 0 Å². The van der Waals surface area contributed by atoms with Gasteiger partial charge in [0.05, 0.1) is 29.2 Å². The van der Waals surface area contributed by atoms with E-state index in [1.165, 1.54) is 50.4 Å². The molecule has 146 valence electrons. The molecule has 2 aromatic rings. The first kappa shape index (κ1) is 19.6. The molecular weight excluding hydrogens is 434 g/mol. The predicted octanol–water partition coefficient (Wildman–Crippen LogP) is 3.61. The summed E-state index contributed by atoms with van der Waals surface area (Å²) in [4.78, 5) is 22.5. The van der Waals surface area contributed by atoms with Gasteiger partial charge in [0.1, 0.15) is 11.5 Å². The Morgan fingerprint density at radius 3 is 2.39 bits per heavy atom. The number of benzene rings is 2. The Labute approximate surface area is 168 Å². The first-order valence-electron chi connectivity index (χ1n) is 8.07. The summed E-state index contributed by atoms with van der Waals surface area (Å²) >= 11 is 3.42. The number of carbonyl (C=O) groups is 1. The zero-order valence-electron chi connectivity index (χ0n) is 15.2. The van der Waals surface area contributed by atoms with Crippen LogP contribution < -0.4 is 9.47 Å². The molecule has 0 radical (unpaired) electrons. The van der Waals surface area contributed by atoms with E-state index >= 15 is 0 Å². The predicted molar refractivity (Wildman–Crippen MR) is 103 cm³/mol. The Morgan fingerprint density at radius 2 is 1.86 bits per heavy atom. The second-order valence-electron chi connectivity index (χ2n) is 5.77. The molecule has 1 amide bonds. The molecule has 1 unspecified atom stereocenters. The van der Waals surface area contributed by atoms with Crippen LogP contribution >= 0.6 is 15.9 Å². The van der Waals surface area contributed by atoms with Gasteiger partial charge in [0, 0.05) is 30.7 Å². The summed E-state index contributed by atoms with van der Waals surface area (Å²) in [5.41, 5.74) is 1.01. The fraction of sp³-hybridized carbons (Fsp3) is 0.222. The molecule has 0 saturated heterocycles. The molecule has 0 aromatic heterocycles. The van der Waals surface area contributed by atoms with Crippen molar-refractivity contribution in [3.8, 4) is 11.5 Å². The summed E-state index contributed by atoms with van der Waals surface area (Å²) in [7, 11) is 3.03. The van der Waals surface area contributed by atoms with Crippen LogP contribution in [-0.2, 0) is 9.53 Å². The van der Waals surface area contributed by atoms with E-state index in [2.05, 4.69) is 21.0 Å². The largest absolute Gasteiger partial charge is 0.496 e. The van der Waals surface area contributed by atoms with Crippen LogP contribution in [0.5, 0.6) is 11.5 Å². The zero-order valence-corrected chi connectivity index (χ0v) is 16.8. The Morgan fingerprint density at radius 1 is 1.21 bits per heavy atom. The minimum atomic E-state index is -0.861. The molecule has 0 bridgehead atoms. The quantitative estimate of drug-likeness (QED) is 0.509. The Hall–Kier alpha value is -3.14. The second kappa shape index (κ2) is 7.85. The zero-order chi connectivity index (χ0) is 20.4. The second-order valence-corrected chi connectivity index (χ2v) is 6.63. The number of nitro groups is 1. The highest BCUT2D eigenvalue weighted by Crippen LogP contribution is 2.40. The van der Waals surface area contributed by atoms with Gasteiger partial charge in [-0.25, -0.2) is 0 Å². The fourth-order valence-corrected chi connectivity index (χ4v) is 3.21. The molecule has 1 heterocycles. The highest BCUT2D eigenvalue weighted by Gasteiger charge is 2.35. The van der Waals surface area contributed by atoms with Gasteiger partial charge >= 0.3 is 0 Å². The number of hydrazone groups is 1. The Balaban J connectivity index is 1.99. The smallest absolute Gasteiger partial charge is 0.269 e. The number of rotatable bonds is 5. The van der Waals surface area contributed by atoms with Gasteiger partial charge in [-0.2, -0.15) is 5.01 Å². The molecule has 1 aliphatic heterocycles. The molecule has 28 heavy (non-hydrogen) atoms. The molecule has 2 aromatic carbocycles. The van der Waals surface area contributed by atoms with E-state index in [-0.39, 0.29) is 17.5 Å². The lowest BCUT2D eigenvalue weighted by Gasteiger charge is -2.22. The van der Waals surface area contributed by atoms with Crippen LogP contribution in [0.4, 0.5) is 5.69 Å². The van der Waals surface area contributed by atoms with Crippen LogP contribution in [-0.4, -0.2) is 36.0 Å². The normalized spacial score (nSPS) is 15.6. The third kappa shape index (κ3) is 3.63. The maximum absolute atomic E-state index is 12.1. The van der Waals surface area contributed by atoms with Crippen molar-refractivity contribution in [1.29, 1.82) is 0 Å². The number of non-ortho nitro benzene ring substituents is 1. The lowest BCUT2D eigenvalue weighted by atomic mass is 10.1. The van der Waals surface area contributed by atoms with E-state index in [0.717, 1.165) is 0 Å². The Bertz CT molecular complexity index is 961. The molecule has 1 atom stereocenters. The first-order valence-corrected chi connectivity index (χ1v) is 8.86. The van der Waals surface area contributed by atoms with Gasteiger partial charge in [-0.15, -0.1) is 5.10 Å². The Kier molecular flexibility index (Phi) is 5.50. The van der Waals surface area contributed by atoms with Crippen LogP contribution in [0.2, 0.25) is 0 Å². The minimum absolute atomic E-state index is 0.0527. The van der Waals surface area contributed by atoms with E-state index in [1.807, 2.05) is 0 Å². The van der Waals surface area contributed by atoms with Gasteiger partial charge in [0.15, 0.2) is 0 Å². The number of carbonyl (C=O) groups excluding carboxylic acids is 1. The number of nitrogens with zero attached hydrogens (tertiary/aromatic N) is 3. The molecule has 0 fully saturated rings. The first-order chi connectivity index (χ1) is 13.3. The van der Waals surface area contributed by atoms with Gasteiger partial charge in [-0.3, -0.25) is 14.9 Å². The maximum Gasteiger partial charge on any atom is 0.269 e. The summed E-state index contributed by atoms with van der Waals surface area (Å²) in [6.45, 7) is 1.36. The van der Waals surface area contributed by atoms with Crippen LogP contribution in [0, 0.1) is 10.1 Å².